The predicted octanol–water partition coefficient (Wildman–Crippen LogP) is 3.78. The third kappa shape index (κ3) is 5.36. The van der Waals surface area contributed by atoms with Gasteiger partial charge in [0.15, 0.2) is 11.5 Å². The molecule has 0 unspecified atom stereocenters. The molecule has 2 fully saturated rings. The van der Waals surface area contributed by atoms with Crippen molar-refractivity contribution in [2.45, 2.75) is 33.6 Å². The zero-order valence-electron chi connectivity index (χ0n) is 17.7. The van der Waals surface area contributed by atoms with Gasteiger partial charge < -0.3 is 14.4 Å². The summed E-state index contributed by atoms with van der Waals surface area (Å²) in [5, 5.41) is -0.416. The molecule has 2 heterocycles. The average Bonchev–Trinajstić information content (AvgIpc) is 3.32. The number of imide groups is 1. The monoisotopic (exact) mass is 432 g/mol. The number of thioether (sulfide) groups is 1. The summed E-state index contributed by atoms with van der Waals surface area (Å²) in [6.45, 7) is 8.26. The van der Waals surface area contributed by atoms with Crippen LogP contribution in [0.1, 0.15) is 39.2 Å². The van der Waals surface area contributed by atoms with Crippen LogP contribution in [0.4, 0.5) is 4.79 Å². The molecule has 2 saturated heterocycles. The minimum absolute atomic E-state index is 0.179. The summed E-state index contributed by atoms with van der Waals surface area (Å²) in [7, 11) is 0. The summed E-state index contributed by atoms with van der Waals surface area (Å²) < 4.78 is 11.5. The quantitative estimate of drug-likeness (QED) is 0.582. The van der Waals surface area contributed by atoms with Gasteiger partial charge in [0, 0.05) is 13.1 Å². The molecule has 0 N–H and O–H groups in total. The molecule has 0 aliphatic carbocycles. The van der Waals surface area contributed by atoms with Crippen molar-refractivity contribution < 1.29 is 23.9 Å². The van der Waals surface area contributed by atoms with Crippen LogP contribution in [0, 0.1) is 5.92 Å². The van der Waals surface area contributed by atoms with Crippen LogP contribution < -0.4 is 9.47 Å². The molecule has 0 radical (unpaired) electrons. The Morgan fingerprint density at radius 3 is 2.57 bits per heavy atom. The topological polar surface area (TPSA) is 76.2 Å². The van der Waals surface area contributed by atoms with E-state index in [2.05, 4.69) is 13.8 Å². The second kappa shape index (κ2) is 10.0. The first-order chi connectivity index (χ1) is 14.4. The summed E-state index contributed by atoms with van der Waals surface area (Å²) in [5.41, 5.74) is 0.728. The number of carbonyl (C=O) groups excluding carboxylic acids is 3. The minimum atomic E-state index is -0.435. The molecule has 2 aliphatic rings. The van der Waals surface area contributed by atoms with Gasteiger partial charge in [0.2, 0.25) is 5.91 Å². The first-order valence-corrected chi connectivity index (χ1v) is 11.1. The highest BCUT2D eigenvalue weighted by atomic mass is 32.2. The van der Waals surface area contributed by atoms with Gasteiger partial charge in [-0.25, -0.2) is 0 Å². The molecule has 0 aromatic heterocycles. The van der Waals surface area contributed by atoms with Crippen LogP contribution in [0.15, 0.2) is 23.1 Å². The van der Waals surface area contributed by atoms with Gasteiger partial charge in [0.25, 0.3) is 11.1 Å². The predicted molar refractivity (Wildman–Crippen MR) is 116 cm³/mol. The van der Waals surface area contributed by atoms with Crippen molar-refractivity contribution in [3.63, 3.8) is 0 Å². The number of hydrogen-bond donors (Lipinski definition) is 0. The highest BCUT2D eigenvalue weighted by molar-refractivity contribution is 8.18. The van der Waals surface area contributed by atoms with Gasteiger partial charge in [-0.1, -0.05) is 19.9 Å². The highest BCUT2D eigenvalue weighted by Gasteiger charge is 2.37. The molecular weight excluding hydrogens is 404 g/mol. The van der Waals surface area contributed by atoms with E-state index in [4.69, 9.17) is 9.47 Å². The van der Waals surface area contributed by atoms with E-state index in [0.717, 1.165) is 35.1 Å². The van der Waals surface area contributed by atoms with Crippen LogP contribution >= 0.6 is 11.8 Å². The Morgan fingerprint density at radius 1 is 1.17 bits per heavy atom. The fourth-order valence-electron chi connectivity index (χ4n) is 3.25. The Balaban J connectivity index is 1.74. The number of carbonyl (C=O) groups is 3. The molecule has 0 atom stereocenters. The van der Waals surface area contributed by atoms with Gasteiger partial charge >= 0.3 is 0 Å². The van der Waals surface area contributed by atoms with Crippen LogP contribution in [0.5, 0.6) is 11.5 Å². The SMILES string of the molecule is CCOc1cc(/C=C2\SC(=O)N(CC(=O)N3CCCC3)C2=O)ccc1OCC(C)C. The van der Waals surface area contributed by atoms with Crippen molar-refractivity contribution in [1.82, 2.24) is 9.80 Å². The first kappa shape index (κ1) is 22.2. The van der Waals surface area contributed by atoms with E-state index in [0.29, 0.717) is 48.6 Å². The Kier molecular flexibility index (Phi) is 7.42. The molecular formula is C22H28N2O5S. The van der Waals surface area contributed by atoms with Crippen LogP contribution in [-0.2, 0) is 9.59 Å². The van der Waals surface area contributed by atoms with Crippen molar-refractivity contribution in [2.75, 3.05) is 32.8 Å². The van der Waals surface area contributed by atoms with E-state index < -0.39 is 11.1 Å². The lowest BCUT2D eigenvalue weighted by molar-refractivity contribution is -0.135. The van der Waals surface area contributed by atoms with Gasteiger partial charge in [-0.3, -0.25) is 19.3 Å². The Morgan fingerprint density at radius 2 is 1.90 bits per heavy atom. The number of benzene rings is 1. The van der Waals surface area contributed by atoms with E-state index in [1.54, 1.807) is 23.1 Å². The van der Waals surface area contributed by atoms with Gasteiger partial charge in [0.05, 0.1) is 18.1 Å². The molecule has 2 aliphatic heterocycles. The molecule has 1 aromatic rings. The second-order valence-electron chi connectivity index (χ2n) is 7.70. The normalized spacial score (nSPS) is 18.1. The van der Waals surface area contributed by atoms with Gasteiger partial charge in [-0.15, -0.1) is 0 Å². The van der Waals surface area contributed by atoms with Gasteiger partial charge in [0.1, 0.15) is 6.54 Å². The average molecular weight is 433 g/mol. The number of hydrogen-bond acceptors (Lipinski definition) is 6. The highest BCUT2D eigenvalue weighted by Crippen LogP contribution is 2.35. The summed E-state index contributed by atoms with van der Waals surface area (Å²) in [4.78, 5) is 40.4. The van der Waals surface area contributed by atoms with Crippen LogP contribution in [0.25, 0.3) is 6.08 Å². The molecule has 1 aromatic carbocycles. The zero-order chi connectivity index (χ0) is 21.7. The number of amides is 3. The number of ether oxygens (including phenoxy) is 2. The number of nitrogens with zero attached hydrogens (tertiary/aromatic N) is 2. The Bertz CT molecular complexity index is 846. The van der Waals surface area contributed by atoms with Crippen molar-refractivity contribution in [1.29, 1.82) is 0 Å². The lowest BCUT2D eigenvalue weighted by atomic mass is 10.1. The van der Waals surface area contributed by atoms with E-state index >= 15 is 0 Å². The fourth-order valence-corrected chi connectivity index (χ4v) is 4.09. The smallest absolute Gasteiger partial charge is 0.294 e. The van der Waals surface area contributed by atoms with Crippen molar-refractivity contribution in [3.8, 4) is 11.5 Å². The third-order valence-corrected chi connectivity index (χ3v) is 5.67. The van der Waals surface area contributed by atoms with E-state index in [-0.39, 0.29) is 12.5 Å². The molecule has 0 spiro atoms. The first-order valence-electron chi connectivity index (χ1n) is 10.3. The maximum atomic E-state index is 12.7. The molecule has 3 amide bonds. The number of rotatable bonds is 8. The second-order valence-corrected chi connectivity index (χ2v) is 8.69. The summed E-state index contributed by atoms with van der Waals surface area (Å²) in [6.07, 6.45) is 3.58. The van der Waals surface area contributed by atoms with Crippen molar-refractivity contribution in [2.24, 2.45) is 5.92 Å². The molecule has 7 nitrogen and oxygen atoms in total. The fraction of sp³-hybridized carbons (Fsp3) is 0.500. The third-order valence-electron chi connectivity index (χ3n) is 4.76. The zero-order valence-corrected chi connectivity index (χ0v) is 18.5. The molecule has 0 saturated carbocycles. The summed E-state index contributed by atoms with van der Waals surface area (Å²) >= 11 is 0.854. The van der Waals surface area contributed by atoms with Gasteiger partial charge in [-0.05, 0) is 61.2 Å². The lowest BCUT2D eigenvalue weighted by Crippen LogP contribution is -2.40. The summed E-state index contributed by atoms with van der Waals surface area (Å²) in [6, 6.07) is 5.42. The van der Waals surface area contributed by atoms with Crippen LogP contribution in [0.2, 0.25) is 0 Å². The van der Waals surface area contributed by atoms with Crippen LogP contribution in [0.3, 0.4) is 0 Å². The van der Waals surface area contributed by atoms with Crippen molar-refractivity contribution in [3.05, 3.63) is 28.7 Å². The molecule has 0 bridgehead atoms. The maximum Gasteiger partial charge on any atom is 0.294 e. The molecule has 8 heteroatoms. The standard InChI is InChI=1S/C22H28N2O5S/c1-4-28-18-11-16(7-8-17(18)29-14-15(2)3)12-19-21(26)24(22(27)30-19)13-20(25)23-9-5-6-10-23/h7-8,11-12,15H,4-6,9-10,13-14H2,1-3H3/b19-12-. The largest absolute Gasteiger partial charge is 0.490 e. The van der Waals surface area contributed by atoms with Crippen molar-refractivity contribution >= 4 is 34.9 Å². The molecule has 30 heavy (non-hydrogen) atoms. The lowest BCUT2D eigenvalue weighted by Gasteiger charge is -2.18. The van der Waals surface area contributed by atoms with Crippen LogP contribution in [-0.4, -0.2) is 59.7 Å². The maximum absolute atomic E-state index is 12.7. The molecule has 162 valence electrons. The van der Waals surface area contributed by atoms with E-state index in [9.17, 15) is 14.4 Å². The van der Waals surface area contributed by atoms with E-state index in [1.807, 2.05) is 13.0 Å². The minimum Gasteiger partial charge on any atom is -0.490 e. The Labute approximate surface area is 181 Å². The Hall–Kier alpha value is -2.48. The summed E-state index contributed by atoms with van der Waals surface area (Å²) in [5.74, 6) is 1.01. The number of likely N-dealkylation sites (tertiary alicyclic amines) is 1. The van der Waals surface area contributed by atoms with Gasteiger partial charge in [-0.2, -0.15) is 0 Å². The molecule has 3 rings (SSSR count). The van der Waals surface area contributed by atoms with E-state index in [1.165, 1.54) is 0 Å².